The van der Waals surface area contributed by atoms with Gasteiger partial charge in [0, 0.05) is 12.5 Å². The van der Waals surface area contributed by atoms with E-state index in [0.717, 1.165) is 19.1 Å². The minimum Gasteiger partial charge on any atom is -0.432 e. The lowest BCUT2D eigenvalue weighted by atomic mass is 10.1. The van der Waals surface area contributed by atoms with E-state index in [-0.39, 0.29) is 5.75 Å². The van der Waals surface area contributed by atoms with Gasteiger partial charge in [-0.3, -0.25) is 0 Å². The molecule has 1 fully saturated rings. The summed E-state index contributed by atoms with van der Waals surface area (Å²) in [6.07, 6.45) is 2.21. The normalized spacial score (nSPS) is 17.7. The molecule has 1 saturated heterocycles. The minimum atomic E-state index is -3.28. The van der Waals surface area contributed by atoms with Gasteiger partial charge in [-0.05, 0) is 52.7 Å². The maximum absolute atomic E-state index is 13.5. The van der Waals surface area contributed by atoms with Crippen LogP contribution in [-0.2, 0) is 4.74 Å². The number of halogens is 3. The third-order valence-electron chi connectivity index (χ3n) is 3.82. The molecule has 1 atom stereocenters. The van der Waals surface area contributed by atoms with Gasteiger partial charge in [0.25, 0.3) is 0 Å². The van der Waals surface area contributed by atoms with Gasteiger partial charge in [-0.15, -0.1) is 11.7 Å². The Morgan fingerprint density at radius 1 is 1.38 bits per heavy atom. The third-order valence-corrected chi connectivity index (χ3v) is 4.16. The van der Waals surface area contributed by atoms with Crippen LogP contribution >= 0.6 is 15.9 Å². The molecule has 1 aliphatic heterocycles. The molecule has 1 unspecified atom stereocenters. The summed E-state index contributed by atoms with van der Waals surface area (Å²) in [6.45, 7) is 4.77. The van der Waals surface area contributed by atoms with Crippen molar-refractivity contribution in [2.24, 2.45) is 5.92 Å². The van der Waals surface area contributed by atoms with Crippen LogP contribution in [0.1, 0.15) is 18.7 Å². The summed E-state index contributed by atoms with van der Waals surface area (Å²) in [6, 6.07) is 6.24. The monoisotopic (exact) mass is 425 g/mol. The molecule has 5 nitrogen and oxygen atoms in total. The number of ether oxygens (including phenoxy) is 2. The van der Waals surface area contributed by atoms with Crippen molar-refractivity contribution in [1.82, 2.24) is 14.8 Å². The highest BCUT2D eigenvalue weighted by Crippen LogP contribution is 2.26. The van der Waals surface area contributed by atoms with Crippen LogP contribution in [0.15, 0.2) is 47.7 Å². The molecule has 0 bridgehead atoms. The van der Waals surface area contributed by atoms with Gasteiger partial charge in [0.1, 0.15) is 5.75 Å². The van der Waals surface area contributed by atoms with Gasteiger partial charge in [-0.2, -0.15) is 8.78 Å². The highest BCUT2D eigenvalue weighted by atomic mass is 79.9. The van der Waals surface area contributed by atoms with Gasteiger partial charge >= 0.3 is 6.11 Å². The first-order valence-corrected chi connectivity index (χ1v) is 8.93. The zero-order chi connectivity index (χ0) is 18.6. The molecule has 0 saturated carbocycles. The van der Waals surface area contributed by atoms with E-state index in [1.165, 1.54) is 12.1 Å². The molecule has 1 aromatic carbocycles. The summed E-state index contributed by atoms with van der Waals surface area (Å²) in [4.78, 5) is 4.33. The molecule has 2 aromatic rings. The summed E-state index contributed by atoms with van der Waals surface area (Å²) < 4.78 is 39.1. The summed E-state index contributed by atoms with van der Waals surface area (Å²) in [5.41, 5.74) is 0.685. The van der Waals surface area contributed by atoms with E-state index in [1.54, 1.807) is 16.8 Å². The van der Waals surface area contributed by atoms with Gasteiger partial charge in [-0.25, -0.2) is 9.67 Å². The number of alkyl halides is 2. The van der Waals surface area contributed by atoms with E-state index < -0.39 is 12.5 Å². The predicted molar refractivity (Wildman–Crippen MR) is 97.4 cm³/mol. The Morgan fingerprint density at radius 2 is 2.15 bits per heavy atom. The van der Waals surface area contributed by atoms with Crippen molar-refractivity contribution in [2.45, 2.75) is 19.0 Å². The van der Waals surface area contributed by atoms with Gasteiger partial charge in [0.05, 0.1) is 18.7 Å². The lowest BCUT2D eigenvalue weighted by molar-refractivity contribution is -0.172. The van der Waals surface area contributed by atoms with Crippen LogP contribution in [0.5, 0.6) is 5.75 Å². The van der Waals surface area contributed by atoms with E-state index in [2.05, 4.69) is 32.6 Å². The lowest BCUT2D eigenvalue weighted by Gasteiger charge is -2.16. The smallest absolute Gasteiger partial charge is 0.401 e. The average molecular weight is 426 g/mol. The Kier molecular flexibility index (Phi) is 5.83. The first kappa shape index (κ1) is 18.7. The highest BCUT2D eigenvalue weighted by molar-refractivity contribution is 9.10. The third kappa shape index (κ3) is 4.76. The van der Waals surface area contributed by atoms with Gasteiger partial charge < -0.3 is 9.47 Å². The second kappa shape index (κ2) is 8.09. The van der Waals surface area contributed by atoms with E-state index in [9.17, 15) is 8.78 Å². The van der Waals surface area contributed by atoms with Crippen molar-refractivity contribution < 1.29 is 18.3 Å². The molecule has 26 heavy (non-hydrogen) atoms. The number of hydrogen-bond acceptors (Lipinski definition) is 4. The van der Waals surface area contributed by atoms with Crippen molar-refractivity contribution >= 4 is 22.0 Å². The van der Waals surface area contributed by atoms with E-state index in [0.29, 0.717) is 28.8 Å². The zero-order valence-electron chi connectivity index (χ0n) is 13.9. The van der Waals surface area contributed by atoms with E-state index in [1.807, 2.05) is 12.2 Å². The van der Waals surface area contributed by atoms with Crippen molar-refractivity contribution in [3.05, 3.63) is 53.6 Å². The Hall–Kier alpha value is -2.06. The topological polar surface area (TPSA) is 49.2 Å². The molecular weight excluding hydrogens is 408 g/mol. The molecule has 0 N–H and O–H groups in total. The van der Waals surface area contributed by atoms with Crippen LogP contribution in [-0.4, -0.2) is 34.1 Å². The molecule has 8 heteroatoms. The second-order valence-corrected chi connectivity index (χ2v) is 6.57. The van der Waals surface area contributed by atoms with Crippen LogP contribution in [0.3, 0.4) is 0 Å². The Morgan fingerprint density at radius 3 is 2.81 bits per heavy atom. The SMILES string of the molecule is C=CCC(F)(F)Oc1ccc(-n2nc(Br)nc2/C=C\C2CCOC2)cc1. The van der Waals surface area contributed by atoms with Crippen LogP contribution in [0.2, 0.25) is 0 Å². The number of benzene rings is 1. The Balaban J connectivity index is 1.77. The highest BCUT2D eigenvalue weighted by Gasteiger charge is 2.29. The summed E-state index contributed by atoms with van der Waals surface area (Å²) >= 11 is 3.27. The summed E-state index contributed by atoms with van der Waals surface area (Å²) in [7, 11) is 0. The molecular formula is C18H18BrF2N3O2. The quantitative estimate of drug-likeness (QED) is 0.606. The van der Waals surface area contributed by atoms with Crippen LogP contribution in [0.4, 0.5) is 8.78 Å². The number of nitrogens with zero attached hydrogens (tertiary/aromatic N) is 3. The fraction of sp³-hybridized carbons (Fsp3) is 0.333. The Bertz CT molecular complexity index is 784. The molecule has 138 valence electrons. The fourth-order valence-electron chi connectivity index (χ4n) is 2.56. The maximum Gasteiger partial charge on any atom is 0.401 e. The second-order valence-electron chi connectivity index (χ2n) is 5.86. The number of hydrogen-bond donors (Lipinski definition) is 0. The molecule has 0 radical (unpaired) electrons. The standard InChI is InChI=1S/C18H18BrF2N3O2/c1-2-10-18(20,21)26-15-6-4-14(5-7-15)24-16(22-17(19)23-24)8-3-13-9-11-25-12-13/h2-8,13H,1,9-12H2/b8-3-. The van der Waals surface area contributed by atoms with Crippen LogP contribution < -0.4 is 4.74 Å². The minimum absolute atomic E-state index is 0.0694. The van der Waals surface area contributed by atoms with Crippen LogP contribution in [0, 0.1) is 5.92 Å². The van der Waals surface area contributed by atoms with Gasteiger partial charge in [0.2, 0.25) is 4.73 Å². The van der Waals surface area contributed by atoms with Crippen molar-refractivity contribution in [1.29, 1.82) is 0 Å². The number of rotatable bonds is 7. The van der Waals surface area contributed by atoms with Crippen molar-refractivity contribution in [3.8, 4) is 11.4 Å². The molecule has 1 aromatic heterocycles. The molecule has 0 spiro atoms. The van der Waals surface area contributed by atoms with Crippen molar-refractivity contribution in [3.63, 3.8) is 0 Å². The molecule has 2 heterocycles. The van der Waals surface area contributed by atoms with Gasteiger partial charge in [-0.1, -0.05) is 12.2 Å². The maximum atomic E-state index is 13.5. The first-order chi connectivity index (χ1) is 12.5. The average Bonchev–Trinajstić information content (AvgIpc) is 3.22. The predicted octanol–water partition coefficient (Wildman–Crippen LogP) is 4.63. The largest absolute Gasteiger partial charge is 0.432 e. The molecule has 1 aliphatic rings. The molecule has 3 rings (SSSR count). The summed E-state index contributed by atoms with van der Waals surface area (Å²) in [5.74, 6) is 1.07. The van der Waals surface area contributed by atoms with E-state index in [4.69, 9.17) is 9.47 Å². The van der Waals surface area contributed by atoms with Crippen molar-refractivity contribution in [2.75, 3.05) is 13.2 Å². The summed E-state index contributed by atoms with van der Waals surface area (Å²) in [5, 5.41) is 4.30. The van der Waals surface area contributed by atoms with Gasteiger partial charge in [0.15, 0.2) is 5.82 Å². The fourth-order valence-corrected chi connectivity index (χ4v) is 2.90. The molecule has 0 aliphatic carbocycles. The Labute approximate surface area is 158 Å². The molecule has 0 amide bonds. The lowest BCUT2D eigenvalue weighted by Crippen LogP contribution is -2.23. The number of aromatic nitrogens is 3. The van der Waals surface area contributed by atoms with E-state index >= 15 is 0 Å². The zero-order valence-corrected chi connectivity index (χ0v) is 15.5. The first-order valence-electron chi connectivity index (χ1n) is 8.13. The van der Waals surface area contributed by atoms with Crippen LogP contribution in [0.25, 0.3) is 11.8 Å².